The number of nitrogens with one attached hydrogen (secondary N) is 1. The van der Waals surface area contributed by atoms with Crippen molar-refractivity contribution in [3.63, 3.8) is 0 Å². The molecular formula is C23H28FN3O4S. The predicted molar refractivity (Wildman–Crippen MR) is 119 cm³/mol. The van der Waals surface area contributed by atoms with E-state index in [-0.39, 0.29) is 41.4 Å². The van der Waals surface area contributed by atoms with E-state index in [0.29, 0.717) is 24.2 Å². The molecule has 2 aromatic carbocycles. The Labute approximate surface area is 187 Å². The molecule has 0 aliphatic carbocycles. The van der Waals surface area contributed by atoms with Gasteiger partial charge in [-0.25, -0.2) is 12.8 Å². The molecule has 0 aromatic heterocycles. The maximum Gasteiger partial charge on any atom is 0.251 e. The van der Waals surface area contributed by atoms with Gasteiger partial charge >= 0.3 is 0 Å². The molecule has 0 saturated carbocycles. The van der Waals surface area contributed by atoms with Crippen LogP contribution < -0.4 is 11.1 Å². The number of hydrogen-bond donors (Lipinski definition) is 2. The van der Waals surface area contributed by atoms with E-state index in [1.165, 1.54) is 30.3 Å². The SMILES string of the molecule is CS(=O)(=O)c1ccc(C(=O)NC[C@@H]2CCCN2C(=O)CC(N)Cc2ccccc2F)cc1. The summed E-state index contributed by atoms with van der Waals surface area (Å²) in [5.74, 6) is -0.773. The number of nitrogens with zero attached hydrogens (tertiary/aromatic N) is 1. The van der Waals surface area contributed by atoms with Gasteiger partial charge in [-0.1, -0.05) is 18.2 Å². The van der Waals surface area contributed by atoms with Crippen molar-refractivity contribution in [2.75, 3.05) is 19.3 Å². The average molecular weight is 462 g/mol. The van der Waals surface area contributed by atoms with E-state index < -0.39 is 15.9 Å². The van der Waals surface area contributed by atoms with Crippen LogP contribution in [-0.4, -0.2) is 56.6 Å². The third-order valence-electron chi connectivity index (χ3n) is 5.62. The Morgan fingerprint density at radius 3 is 2.53 bits per heavy atom. The number of halogens is 1. The summed E-state index contributed by atoms with van der Waals surface area (Å²) in [6.07, 6.45) is 3.08. The second-order valence-electron chi connectivity index (χ2n) is 8.15. The van der Waals surface area contributed by atoms with Crippen molar-refractivity contribution in [2.24, 2.45) is 5.73 Å². The molecule has 32 heavy (non-hydrogen) atoms. The van der Waals surface area contributed by atoms with E-state index in [4.69, 9.17) is 5.73 Å². The Kier molecular flexibility index (Phi) is 7.63. The Bertz CT molecular complexity index is 1070. The van der Waals surface area contributed by atoms with Gasteiger partial charge in [0.1, 0.15) is 5.82 Å². The number of amides is 2. The Morgan fingerprint density at radius 1 is 1.19 bits per heavy atom. The van der Waals surface area contributed by atoms with Crippen molar-refractivity contribution in [2.45, 2.75) is 42.7 Å². The van der Waals surface area contributed by atoms with Gasteiger partial charge in [-0.3, -0.25) is 9.59 Å². The normalized spacial score (nSPS) is 17.2. The average Bonchev–Trinajstić information content (AvgIpc) is 3.22. The molecule has 3 N–H and O–H groups in total. The molecule has 1 saturated heterocycles. The second-order valence-corrected chi connectivity index (χ2v) is 10.2. The van der Waals surface area contributed by atoms with Gasteiger partial charge in [0.15, 0.2) is 9.84 Å². The van der Waals surface area contributed by atoms with E-state index in [1.54, 1.807) is 23.1 Å². The summed E-state index contributed by atoms with van der Waals surface area (Å²) in [6, 6.07) is 11.5. The summed E-state index contributed by atoms with van der Waals surface area (Å²) in [5, 5.41) is 2.82. The fourth-order valence-electron chi connectivity index (χ4n) is 3.90. The van der Waals surface area contributed by atoms with Crippen LogP contribution in [0.2, 0.25) is 0 Å². The Hall–Kier alpha value is -2.78. The third-order valence-corrected chi connectivity index (χ3v) is 6.75. The van der Waals surface area contributed by atoms with Crippen LogP contribution in [0.5, 0.6) is 0 Å². The summed E-state index contributed by atoms with van der Waals surface area (Å²) >= 11 is 0. The first-order valence-corrected chi connectivity index (χ1v) is 12.4. The van der Waals surface area contributed by atoms with Crippen molar-refractivity contribution in [3.8, 4) is 0 Å². The molecule has 9 heteroatoms. The van der Waals surface area contributed by atoms with Gasteiger partial charge in [-0.05, 0) is 55.2 Å². The minimum atomic E-state index is -3.33. The number of carbonyl (C=O) groups is 2. The van der Waals surface area contributed by atoms with Gasteiger partial charge in [0.05, 0.1) is 4.90 Å². The zero-order valence-electron chi connectivity index (χ0n) is 18.0. The topological polar surface area (TPSA) is 110 Å². The molecule has 2 amide bonds. The van der Waals surface area contributed by atoms with Crippen molar-refractivity contribution in [1.29, 1.82) is 0 Å². The largest absolute Gasteiger partial charge is 0.350 e. The minimum Gasteiger partial charge on any atom is -0.350 e. The molecule has 2 aromatic rings. The van der Waals surface area contributed by atoms with Crippen LogP contribution in [-0.2, 0) is 21.1 Å². The van der Waals surface area contributed by atoms with Crippen molar-refractivity contribution < 1.29 is 22.4 Å². The van der Waals surface area contributed by atoms with Gasteiger partial charge in [-0.2, -0.15) is 0 Å². The lowest BCUT2D eigenvalue weighted by molar-refractivity contribution is -0.132. The summed E-state index contributed by atoms with van der Waals surface area (Å²) in [5.41, 5.74) is 6.94. The van der Waals surface area contributed by atoms with E-state index in [2.05, 4.69) is 5.32 Å². The highest BCUT2D eigenvalue weighted by Gasteiger charge is 2.30. The molecule has 1 heterocycles. The van der Waals surface area contributed by atoms with Crippen LogP contribution >= 0.6 is 0 Å². The molecule has 1 aliphatic heterocycles. The second kappa shape index (κ2) is 10.2. The minimum absolute atomic E-state index is 0.103. The van der Waals surface area contributed by atoms with Crippen LogP contribution in [0.1, 0.15) is 35.2 Å². The summed E-state index contributed by atoms with van der Waals surface area (Å²) in [6.45, 7) is 0.885. The molecule has 1 aliphatic rings. The maximum absolute atomic E-state index is 13.8. The number of nitrogens with two attached hydrogens (primary N) is 1. The van der Waals surface area contributed by atoms with Gasteiger partial charge < -0.3 is 16.0 Å². The molecule has 3 rings (SSSR count). The number of rotatable bonds is 8. The highest BCUT2D eigenvalue weighted by molar-refractivity contribution is 7.90. The van der Waals surface area contributed by atoms with E-state index in [9.17, 15) is 22.4 Å². The van der Waals surface area contributed by atoms with Crippen molar-refractivity contribution >= 4 is 21.7 Å². The van der Waals surface area contributed by atoms with Crippen LogP contribution in [0.3, 0.4) is 0 Å². The number of carbonyl (C=O) groups excluding carboxylic acids is 2. The van der Waals surface area contributed by atoms with Crippen LogP contribution in [0, 0.1) is 5.82 Å². The van der Waals surface area contributed by atoms with E-state index in [0.717, 1.165) is 19.1 Å². The quantitative estimate of drug-likeness (QED) is 0.624. The van der Waals surface area contributed by atoms with Crippen LogP contribution in [0.25, 0.3) is 0 Å². The molecule has 2 atom stereocenters. The smallest absolute Gasteiger partial charge is 0.251 e. The molecule has 172 valence electrons. The van der Waals surface area contributed by atoms with Crippen LogP contribution in [0.4, 0.5) is 4.39 Å². The third kappa shape index (κ3) is 6.14. The van der Waals surface area contributed by atoms with E-state index in [1.807, 2.05) is 0 Å². The molecule has 1 unspecified atom stereocenters. The summed E-state index contributed by atoms with van der Waals surface area (Å²) in [4.78, 5) is 27.1. The summed E-state index contributed by atoms with van der Waals surface area (Å²) < 4.78 is 36.9. The zero-order chi connectivity index (χ0) is 23.3. The molecule has 0 bridgehead atoms. The number of likely N-dealkylation sites (tertiary alicyclic amines) is 1. The van der Waals surface area contributed by atoms with Gasteiger partial charge in [0.25, 0.3) is 5.91 Å². The lowest BCUT2D eigenvalue weighted by Crippen LogP contribution is -2.45. The van der Waals surface area contributed by atoms with Gasteiger partial charge in [-0.15, -0.1) is 0 Å². The highest BCUT2D eigenvalue weighted by atomic mass is 32.2. The molecule has 0 spiro atoms. The zero-order valence-corrected chi connectivity index (χ0v) is 18.8. The number of sulfone groups is 1. The Morgan fingerprint density at radius 2 is 1.88 bits per heavy atom. The number of hydrogen-bond acceptors (Lipinski definition) is 5. The fourth-order valence-corrected chi connectivity index (χ4v) is 4.53. The van der Waals surface area contributed by atoms with Gasteiger partial charge in [0, 0.05) is 43.4 Å². The molecule has 7 nitrogen and oxygen atoms in total. The monoisotopic (exact) mass is 461 g/mol. The lowest BCUT2D eigenvalue weighted by Gasteiger charge is -2.26. The molecule has 0 radical (unpaired) electrons. The van der Waals surface area contributed by atoms with Crippen molar-refractivity contribution in [3.05, 3.63) is 65.5 Å². The van der Waals surface area contributed by atoms with Crippen molar-refractivity contribution in [1.82, 2.24) is 10.2 Å². The first-order chi connectivity index (χ1) is 15.1. The maximum atomic E-state index is 13.8. The lowest BCUT2D eigenvalue weighted by atomic mass is 10.0. The summed E-state index contributed by atoms with van der Waals surface area (Å²) in [7, 11) is -3.33. The first kappa shape index (κ1) is 23.9. The standard InChI is InChI=1S/C23H28FN3O4S/c1-32(30,31)20-10-8-16(9-11-20)23(29)26-15-19-6-4-12-27(19)22(28)14-18(25)13-17-5-2-3-7-21(17)24/h2-3,5,7-11,18-19H,4,6,12-15,25H2,1H3,(H,26,29)/t18?,19-/m0/s1. The molecular weight excluding hydrogens is 433 g/mol. The molecule has 1 fully saturated rings. The Balaban J connectivity index is 1.53. The highest BCUT2D eigenvalue weighted by Crippen LogP contribution is 2.19. The number of benzene rings is 2. The van der Waals surface area contributed by atoms with Gasteiger partial charge in [0.2, 0.25) is 5.91 Å². The van der Waals surface area contributed by atoms with Crippen LogP contribution in [0.15, 0.2) is 53.4 Å². The van der Waals surface area contributed by atoms with E-state index >= 15 is 0 Å². The predicted octanol–water partition coefficient (Wildman–Crippen LogP) is 1.91. The fraction of sp³-hybridized carbons (Fsp3) is 0.391. The first-order valence-electron chi connectivity index (χ1n) is 10.5.